The smallest absolute Gasteiger partial charge is 0.338 e. The van der Waals surface area contributed by atoms with E-state index in [9.17, 15) is 4.79 Å². The number of rotatable bonds is 4. The molecule has 2 aromatic rings. The summed E-state index contributed by atoms with van der Waals surface area (Å²) in [5, 5.41) is 1.50. The second-order valence-corrected chi connectivity index (χ2v) is 11.8. The standard InChI is InChI=1S/C20H24O2Si/c1-23(2,18-11-7-4-8-12-18)19-14-13-17(15-19)22-20(21)16-9-5-3-6-10-16/h3-12,17,19H,13-15H2,1-2H3/t17-,19-/m1/s1. The second-order valence-electron chi connectivity index (χ2n) is 6.99. The molecule has 0 bridgehead atoms. The Kier molecular flexibility index (Phi) is 4.67. The Balaban J connectivity index is 1.63. The van der Waals surface area contributed by atoms with Gasteiger partial charge in [0.1, 0.15) is 6.10 Å². The predicted molar refractivity (Wildman–Crippen MR) is 96.8 cm³/mol. The molecule has 0 radical (unpaired) electrons. The second kappa shape index (κ2) is 6.71. The van der Waals surface area contributed by atoms with Gasteiger partial charge in [0.2, 0.25) is 0 Å². The van der Waals surface area contributed by atoms with Crippen LogP contribution < -0.4 is 5.19 Å². The average Bonchev–Trinajstić information content (AvgIpc) is 3.06. The van der Waals surface area contributed by atoms with Crippen molar-refractivity contribution in [2.24, 2.45) is 0 Å². The molecule has 1 fully saturated rings. The van der Waals surface area contributed by atoms with Gasteiger partial charge in [0.25, 0.3) is 0 Å². The number of carbonyl (C=O) groups excluding carboxylic acids is 1. The molecular formula is C20H24O2Si. The van der Waals surface area contributed by atoms with Crippen LogP contribution in [0.3, 0.4) is 0 Å². The van der Waals surface area contributed by atoms with Crippen LogP contribution in [0.15, 0.2) is 60.7 Å². The first kappa shape index (κ1) is 16.0. The number of esters is 1. The van der Waals surface area contributed by atoms with Gasteiger partial charge >= 0.3 is 5.97 Å². The number of hydrogen-bond donors (Lipinski definition) is 0. The fraction of sp³-hybridized carbons (Fsp3) is 0.350. The molecule has 0 aliphatic heterocycles. The number of carbonyl (C=O) groups is 1. The molecule has 2 aromatic carbocycles. The summed E-state index contributed by atoms with van der Waals surface area (Å²) in [7, 11) is -1.51. The summed E-state index contributed by atoms with van der Waals surface area (Å²) >= 11 is 0. The van der Waals surface area contributed by atoms with Gasteiger partial charge in [0, 0.05) is 0 Å². The van der Waals surface area contributed by atoms with E-state index in [0.717, 1.165) is 12.8 Å². The maximum atomic E-state index is 12.2. The number of hydrogen-bond acceptors (Lipinski definition) is 2. The van der Waals surface area contributed by atoms with Gasteiger partial charge in [0.05, 0.1) is 13.6 Å². The lowest BCUT2D eigenvalue weighted by molar-refractivity contribution is 0.0317. The molecule has 1 aliphatic rings. The van der Waals surface area contributed by atoms with Crippen molar-refractivity contribution in [1.29, 1.82) is 0 Å². The molecule has 0 N–H and O–H groups in total. The molecule has 3 rings (SSSR count). The first-order chi connectivity index (χ1) is 11.1. The van der Waals surface area contributed by atoms with Crippen LogP contribution in [0, 0.1) is 0 Å². The fourth-order valence-corrected chi connectivity index (χ4v) is 6.86. The Morgan fingerprint density at radius 3 is 2.22 bits per heavy atom. The van der Waals surface area contributed by atoms with Gasteiger partial charge in [-0.2, -0.15) is 0 Å². The molecule has 0 saturated heterocycles. The van der Waals surface area contributed by atoms with Gasteiger partial charge in [-0.1, -0.05) is 66.8 Å². The molecule has 0 spiro atoms. The Morgan fingerprint density at radius 2 is 1.57 bits per heavy atom. The summed E-state index contributed by atoms with van der Waals surface area (Å²) in [6.07, 6.45) is 3.24. The van der Waals surface area contributed by atoms with Gasteiger partial charge in [-0.25, -0.2) is 4.79 Å². The van der Waals surface area contributed by atoms with Crippen LogP contribution in [-0.2, 0) is 4.74 Å². The molecule has 0 aromatic heterocycles. The van der Waals surface area contributed by atoms with E-state index >= 15 is 0 Å². The largest absolute Gasteiger partial charge is 0.459 e. The maximum Gasteiger partial charge on any atom is 0.338 e. The highest BCUT2D eigenvalue weighted by Crippen LogP contribution is 2.40. The minimum atomic E-state index is -1.51. The van der Waals surface area contributed by atoms with Gasteiger partial charge in [-0.15, -0.1) is 0 Å². The zero-order chi connectivity index (χ0) is 16.3. The monoisotopic (exact) mass is 324 g/mol. The van der Waals surface area contributed by atoms with Crippen LogP contribution in [0.25, 0.3) is 0 Å². The molecule has 120 valence electrons. The minimum absolute atomic E-state index is 0.0724. The topological polar surface area (TPSA) is 26.3 Å². The van der Waals surface area contributed by atoms with E-state index in [1.54, 1.807) is 0 Å². The molecule has 3 heteroatoms. The molecule has 2 atom stereocenters. The molecule has 0 heterocycles. The van der Waals surface area contributed by atoms with Crippen molar-refractivity contribution in [3.63, 3.8) is 0 Å². The fourth-order valence-electron chi connectivity index (χ4n) is 3.60. The van der Waals surface area contributed by atoms with Gasteiger partial charge in [-0.05, 0) is 36.9 Å². The van der Waals surface area contributed by atoms with Crippen molar-refractivity contribution >= 4 is 19.2 Å². The highest BCUT2D eigenvalue weighted by molar-refractivity contribution is 6.91. The van der Waals surface area contributed by atoms with Crippen LogP contribution in [0.5, 0.6) is 0 Å². The minimum Gasteiger partial charge on any atom is -0.459 e. The van der Waals surface area contributed by atoms with Gasteiger partial charge in [-0.3, -0.25) is 0 Å². The van der Waals surface area contributed by atoms with Crippen molar-refractivity contribution in [3.8, 4) is 0 Å². The van der Waals surface area contributed by atoms with Gasteiger partial charge < -0.3 is 4.74 Å². The number of ether oxygens (including phenoxy) is 1. The SMILES string of the molecule is C[Si](C)(c1ccccc1)[C@@H]1CC[C@@H](OC(=O)c2ccccc2)C1. The predicted octanol–water partition coefficient (Wildman–Crippen LogP) is 4.38. The molecule has 2 nitrogen and oxygen atoms in total. The first-order valence-corrected chi connectivity index (χ1v) is 11.5. The summed E-state index contributed by atoms with van der Waals surface area (Å²) in [6, 6.07) is 20.2. The molecule has 23 heavy (non-hydrogen) atoms. The van der Waals surface area contributed by atoms with E-state index in [4.69, 9.17) is 4.74 Å². The highest BCUT2D eigenvalue weighted by atomic mass is 28.3. The van der Waals surface area contributed by atoms with E-state index < -0.39 is 8.07 Å². The Bertz CT molecular complexity index is 652. The lowest BCUT2D eigenvalue weighted by atomic mass is 10.2. The lowest BCUT2D eigenvalue weighted by Gasteiger charge is -2.30. The Labute approximate surface area is 139 Å². The summed E-state index contributed by atoms with van der Waals surface area (Å²) in [5.74, 6) is -0.185. The molecule has 0 unspecified atom stereocenters. The lowest BCUT2D eigenvalue weighted by Crippen LogP contribution is -2.45. The number of benzene rings is 2. The summed E-state index contributed by atoms with van der Waals surface area (Å²) in [6.45, 7) is 4.88. The van der Waals surface area contributed by atoms with Crippen LogP contribution in [0.4, 0.5) is 0 Å². The van der Waals surface area contributed by atoms with Crippen molar-refractivity contribution in [3.05, 3.63) is 66.2 Å². The van der Waals surface area contributed by atoms with E-state index in [2.05, 4.69) is 43.4 Å². The van der Waals surface area contributed by atoms with Gasteiger partial charge in [0.15, 0.2) is 0 Å². The van der Waals surface area contributed by atoms with Crippen molar-refractivity contribution < 1.29 is 9.53 Å². The Hall–Kier alpha value is -1.87. The van der Waals surface area contributed by atoms with Crippen molar-refractivity contribution in [2.45, 2.75) is 44.0 Å². The summed E-state index contributed by atoms with van der Waals surface area (Å²) in [4.78, 5) is 12.2. The molecular weight excluding hydrogens is 300 g/mol. The highest BCUT2D eigenvalue weighted by Gasteiger charge is 2.40. The Morgan fingerprint density at radius 1 is 0.957 bits per heavy atom. The zero-order valence-corrected chi connectivity index (χ0v) is 14.9. The third kappa shape index (κ3) is 3.56. The van der Waals surface area contributed by atoms with Crippen molar-refractivity contribution in [2.75, 3.05) is 0 Å². The third-order valence-electron chi connectivity index (χ3n) is 5.21. The molecule has 1 aliphatic carbocycles. The third-order valence-corrected chi connectivity index (χ3v) is 9.59. The van der Waals surface area contributed by atoms with Crippen LogP contribution in [-0.4, -0.2) is 20.1 Å². The van der Waals surface area contributed by atoms with E-state index in [-0.39, 0.29) is 12.1 Å². The molecule has 0 amide bonds. The summed E-state index contributed by atoms with van der Waals surface area (Å²) < 4.78 is 5.74. The quantitative estimate of drug-likeness (QED) is 0.616. The summed E-state index contributed by atoms with van der Waals surface area (Å²) in [5.41, 5.74) is 1.33. The normalized spacial score (nSPS) is 21.1. The van der Waals surface area contributed by atoms with Crippen LogP contribution in [0.1, 0.15) is 29.6 Å². The van der Waals surface area contributed by atoms with E-state index in [0.29, 0.717) is 11.1 Å². The average molecular weight is 324 g/mol. The van der Waals surface area contributed by atoms with Crippen molar-refractivity contribution in [1.82, 2.24) is 0 Å². The van der Waals surface area contributed by atoms with Crippen LogP contribution in [0.2, 0.25) is 18.6 Å². The molecule has 1 saturated carbocycles. The maximum absolute atomic E-state index is 12.2. The van der Waals surface area contributed by atoms with Crippen LogP contribution >= 0.6 is 0 Å². The zero-order valence-electron chi connectivity index (χ0n) is 13.9. The van der Waals surface area contributed by atoms with E-state index in [1.165, 1.54) is 11.6 Å². The van der Waals surface area contributed by atoms with E-state index in [1.807, 2.05) is 30.3 Å². The first-order valence-electron chi connectivity index (χ1n) is 8.39.